The molecule has 2 aromatic heterocycles. The van der Waals surface area contributed by atoms with Gasteiger partial charge in [0.05, 0.1) is 36.3 Å². The van der Waals surface area contributed by atoms with Crippen LogP contribution in [0.3, 0.4) is 0 Å². The molecule has 2 aromatic rings. The van der Waals surface area contributed by atoms with Crippen molar-refractivity contribution in [1.29, 1.82) is 0 Å². The largest absolute Gasteiger partial charge is 0.371 e. The van der Waals surface area contributed by atoms with Gasteiger partial charge < -0.3 is 9.47 Å². The maximum Gasteiger partial charge on any atom is 0.0892 e. The van der Waals surface area contributed by atoms with Gasteiger partial charge in [0.2, 0.25) is 0 Å². The van der Waals surface area contributed by atoms with E-state index in [4.69, 9.17) is 9.47 Å². The van der Waals surface area contributed by atoms with Crippen LogP contribution in [0.15, 0.2) is 42.6 Å². The summed E-state index contributed by atoms with van der Waals surface area (Å²) in [6.45, 7) is 6.26. The first kappa shape index (κ1) is 17.6. The Bertz CT molecular complexity index is 724. The number of piperidine rings is 1. The summed E-state index contributed by atoms with van der Waals surface area (Å²) in [5.74, 6) is 0. The molecule has 0 radical (unpaired) electrons. The molecule has 1 spiro atoms. The smallest absolute Gasteiger partial charge is 0.0892 e. The third-order valence-electron chi connectivity index (χ3n) is 5.32. The number of nitrogens with zero attached hydrogens (tertiary/aromatic N) is 3. The Kier molecular flexibility index (Phi) is 5.29. The number of likely N-dealkylation sites (tertiary alicyclic amines) is 1. The number of rotatable bonds is 5. The van der Waals surface area contributed by atoms with Crippen molar-refractivity contribution in [3.05, 3.63) is 59.7 Å². The second-order valence-electron chi connectivity index (χ2n) is 7.54. The summed E-state index contributed by atoms with van der Waals surface area (Å²) in [5.41, 5.74) is 3.14. The SMILES string of the molecule is Cc1cccc(CN2CCC[C@]3(C[C@@H](OCc4ccccn4)CO3)C2)n1. The summed E-state index contributed by atoms with van der Waals surface area (Å²) >= 11 is 0. The van der Waals surface area contributed by atoms with Crippen LogP contribution in [-0.4, -0.2) is 46.3 Å². The lowest BCUT2D eigenvalue weighted by molar-refractivity contribution is -0.0550. The molecule has 26 heavy (non-hydrogen) atoms. The molecule has 0 amide bonds. The Hall–Kier alpha value is -1.82. The van der Waals surface area contributed by atoms with Crippen LogP contribution < -0.4 is 0 Å². The molecule has 5 heteroatoms. The monoisotopic (exact) mass is 353 g/mol. The number of aryl methyl sites for hydroxylation is 1. The van der Waals surface area contributed by atoms with Crippen LogP contribution in [0.2, 0.25) is 0 Å². The van der Waals surface area contributed by atoms with Crippen molar-refractivity contribution < 1.29 is 9.47 Å². The molecule has 4 heterocycles. The molecule has 0 saturated carbocycles. The lowest BCUT2D eigenvalue weighted by Gasteiger charge is -2.39. The van der Waals surface area contributed by atoms with Gasteiger partial charge in [-0.25, -0.2) is 0 Å². The second-order valence-corrected chi connectivity index (χ2v) is 7.54. The van der Waals surface area contributed by atoms with E-state index in [1.165, 1.54) is 6.42 Å². The van der Waals surface area contributed by atoms with Gasteiger partial charge in [-0.3, -0.25) is 14.9 Å². The molecule has 2 fully saturated rings. The molecule has 0 bridgehead atoms. The van der Waals surface area contributed by atoms with Crippen LogP contribution in [0, 0.1) is 6.92 Å². The highest BCUT2D eigenvalue weighted by atomic mass is 16.6. The van der Waals surface area contributed by atoms with Gasteiger partial charge in [-0.1, -0.05) is 12.1 Å². The molecule has 0 aliphatic carbocycles. The maximum atomic E-state index is 6.27. The third-order valence-corrected chi connectivity index (χ3v) is 5.32. The summed E-state index contributed by atoms with van der Waals surface area (Å²) in [6.07, 6.45) is 5.22. The maximum absolute atomic E-state index is 6.27. The number of aromatic nitrogens is 2. The van der Waals surface area contributed by atoms with Crippen LogP contribution in [0.1, 0.15) is 36.3 Å². The summed E-state index contributed by atoms with van der Waals surface area (Å²) in [4.78, 5) is 11.5. The summed E-state index contributed by atoms with van der Waals surface area (Å²) < 4.78 is 12.3. The van der Waals surface area contributed by atoms with Crippen LogP contribution in [0.25, 0.3) is 0 Å². The van der Waals surface area contributed by atoms with Gasteiger partial charge in [-0.2, -0.15) is 0 Å². The Morgan fingerprint density at radius 1 is 1.23 bits per heavy atom. The minimum absolute atomic E-state index is 0.0587. The lowest BCUT2D eigenvalue weighted by atomic mass is 9.89. The number of pyridine rings is 2. The van der Waals surface area contributed by atoms with Crippen LogP contribution in [-0.2, 0) is 22.6 Å². The van der Waals surface area contributed by atoms with Crippen molar-refractivity contribution in [3.63, 3.8) is 0 Å². The number of ether oxygens (including phenoxy) is 2. The zero-order valence-corrected chi connectivity index (χ0v) is 15.4. The van der Waals surface area contributed by atoms with Crippen molar-refractivity contribution >= 4 is 0 Å². The van der Waals surface area contributed by atoms with Crippen LogP contribution in [0.4, 0.5) is 0 Å². The first-order valence-corrected chi connectivity index (χ1v) is 9.51. The molecule has 2 aliphatic heterocycles. The topological polar surface area (TPSA) is 47.5 Å². The average molecular weight is 353 g/mol. The molecule has 0 N–H and O–H groups in total. The Morgan fingerprint density at radius 3 is 3.00 bits per heavy atom. The summed E-state index contributed by atoms with van der Waals surface area (Å²) in [5, 5.41) is 0. The molecule has 4 rings (SSSR count). The van der Waals surface area contributed by atoms with Crippen molar-refractivity contribution in [1.82, 2.24) is 14.9 Å². The van der Waals surface area contributed by atoms with E-state index in [0.717, 1.165) is 49.6 Å². The lowest BCUT2D eigenvalue weighted by Crippen LogP contribution is -2.47. The van der Waals surface area contributed by atoms with Gasteiger partial charge in [0, 0.05) is 31.4 Å². The van der Waals surface area contributed by atoms with Crippen molar-refractivity contribution in [2.24, 2.45) is 0 Å². The van der Waals surface area contributed by atoms with E-state index in [1.54, 1.807) is 0 Å². The molecule has 5 nitrogen and oxygen atoms in total. The standard InChI is InChI=1S/C21H27N3O2/c1-17-6-4-8-18(23-17)13-24-11-5-9-21(16-24)12-20(15-26-21)25-14-19-7-2-3-10-22-19/h2-4,6-8,10,20H,5,9,11-16H2,1H3/t20-,21+/m1/s1. The van der Waals surface area contributed by atoms with E-state index in [1.807, 2.05) is 37.4 Å². The van der Waals surface area contributed by atoms with E-state index in [0.29, 0.717) is 13.2 Å². The molecule has 0 aromatic carbocycles. The predicted octanol–water partition coefficient (Wildman–Crippen LogP) is 3.13. The predicted molar refractivity (Wildman–Crippen MR) is 99.6 cm³/mol. The van der Waals surface area contributed by atoms with Gasteiger partial charge in [-0.15, -0.1) is 0 Å². The fourth-order valence-electron chi connectivity index (χ4n) is 4.12. The quantitative estimate of drug-likeness (QED) is 0.826. The van der Waals surface area contributed by atoms with Crippen molar-refractivity contribution in [2.75, 3.05) is 19.7 Å². The summed E-state index contributed by atoms with van der Waals surface area (Å²) in [7, 11) is 0. The minimum Gasteiger partial charge on any atom is -0.371 e. The third kappa shape index (κ3) is 4.29. The van der Waals surface area contributed by atoms with Gasteiger partial charge in [0.15, 0.2) is 0 Å². The van der Waals surface area contributed by atoms with Crippen molar-refractivity contribution in [3.8, 4) is 0 Å². The number of hydrogen-bond donors (Lipinski definition) is 0. The Morgan fingerprint density at radius 2 is 2.15 bits per heavy atom. The van der Waals surface area contributed by atoms with E-state index < -0.39 is 0 Å². The van der Waals surface area contributed by atoms with E-state index in [-0.39, 0.29) is 11.7 Å². The van der Waals surface area contributed by atoms with E-state index in [2.05, 4.69) is 27.0 Å². The molecule has 2 saturated heterocycles. The van der Waals surface area contributed by atoms with E-state index in [9.17, 15) is 0 Å². The summed E-state index contributed by atoms with van der Waals surface area (Å²) in [6, 6.07) is 12.2. The molecule has 2 aliphatic rings. The highest BCUT2D eigenvalue weighted by molar-refractivity contribution is 5.10. The minimum atomic E-state index is -0.0587. The van der Waals surface area contributed by atoms with Crippen LogP contribution in [0.5, 0.6) is 0 Å². The normalized spacial score (nSPS) is 26.4. The second kappa shape index (κ2) is 7.82. The first-order valence-electron chi connectivity index (χ1n) is 9.51. The highest BCUT2D eigenvalue weighted by Crippen LogP contribution is 2.36. The molecular weight excluding hydrogens is 326 g/mol. The fourth-order valence-corrected chi connectivity index (χ4v) is 4.12. The molecule has 0 unspecified atom stereocenters. The van der Waals surface area contributed by atoms with Gasteiger partial charge in [0.25, 0.3) is 0 Å². The first-order chi connectivity index (χ1) is 12.7. The molecule has 2 atom stereocenters. The Balaban J connectivity index is 1.32. The van der Waals surface area contributed by atoms with Crippen LogP contribution >= 0.6 is 0 Å². The van der Waals surface area contributed by atoms with Crippen molar-refractivity contribution in [2.45, 2.75) is 51.0 Å². The van der Waals surface area contributed by atoms with E-state index >= 15 is 0 Å². The Labute approximate surface area is 155 Å². The van der Waals surface area contributed by atoms with Gasteiger partial charge >= 0.3 is 0 Å². The van der Waals surface area contributed by atoms with Gasteiger partial charge in [0.1, 0.15) is 0 Å². The fraction of sp³-hybridized carbons (Fsp3) is 0.524. The van der Waals surface area contributed by atoms with Gasteiger partial charge in [-0.05, 0) is 50.6 Å². The highest BCUT2D eigenvalue weighted by Gasteiger charge is 2.43. The average Bonchev–Trinajstić information content (AvgIpc) is 3.03. The zero-order valence-electron chi connectivity index (χ0n) is 15.4. The zero-order chi connectivity index (χ0) is 17.8. The molecular formula is C21H27N3O2. The number of hydrogen-bond acceptors (Lipinski definition) is 5. The molecule has 138 valence electrons.